The largest absolute Gasteiger partial charge is 0.508 e. The first-order valence-corrected chi connectivity index (χ1v) is 4.92. The van der Waals surface area contributed by atoms with Gasteiger partial charge in [-0.1, -0.05) is 12.1 Å². The van der Waals surface area contributed by atoms with Crippen molar-refractivity contribution in [1.29, 1.82) is 0 Å². The van der Waals surface area contributed by atoms with Gasteiger partial charge in [-0.25, -0.2) is 0 Å². The lowest BCUT2D eigenvalue weighted by Gasteiger charge is -2.02. The second-order valence-electron chi connectivity index (χ2n) is 3.57. The zero-order chi connectivity index (χ0) is 11.5. The highest BCUT2D eigenvalue weighted by atomic mass is 16.3. The molecular formula is C13H11NO2. The van der Waals surface area contributed by atoms with Gasteiger partial charge in [-0.05, 0) is 30.7 Å². The van der Waals surface area contributed by atoms with E-state index in [1.807, 2.05) is 0 Å². The molecule has 1 heterocycles. The highest BCUT2D eigenvalue weighted by Crippen LogP contribution is 2.21. The van der Waals surface area contributed by atoms with Crippen molar-refractivity contribution in [1.82, 2.24) is 4.98 Å². The van der Waals surface area contributed by atoms with Crippen LogP contribution in [-0.4, -0.2) is 15.9 Å². The summed E-state index contributed by atoms with van der Waals surface area (Å²) in [4.78, 5) is 15.2. The number of aromatic nitrogens is 1. The molecule has 0 bridgehead atoms. The van der Waals surface area contributed by atoms with E-state index in [2.05, 4.69) is 4.98 Å². The maximum absolute atomic E-state index is 11.2. The van der Waals surface area contributed by atoms with Crippen LogP contribution in [0.4, 0.5) is 0 Å². The van der Waals surface area contributed by atoms with Crippen molar-refractivity contribution >= 4 is 5.78 Å². The Balaban J connectivity index is 2.44. The number of carbonyl (C=O) groups is 1. The molecular weight excluding hydrogens is 202 g/mol. The molecule has 3 heteroatoms. The number of nitrogens with zero attached hydrogens (tertiary/aromatic N) is 1. The normalized spacial score (nSPS) is 10.1. The van der Waals surface area contributed by atoms with Crippen molar-refractivity contribution in [3.8, 4) is 16.9 Å². The first kappa shape index (κ1) is 10.4. The Morgan fingerprint density at radius 3 is 2.44 bits per heavy atom. The molecule has 0 aliphatic carbocycles. The fraction of sp³-hybridized carbons (Fsp3) is 0.0769. The lowest BCUT2D eigenvalue weighted by molar-refractivity contribution is 0.101. The van der Waals surface area contributed by atoms with Gasteiger partial charge in [0.2, 0.25) is 0 Å². The van der Waals surface area contributed by atoms with Gasteiger partial charge < -0.3 is 5.11 Å². The molecule has 80 valence electrons. The van der Waals surface area contributed by atoms with Crippen molar-refractivity contribution < 1.29 is 9.90 Å². The summed E-state index contributed by atoms with van der Waals surface area (Å²) in [7, 11) is 0. The number of carbonyl (C=O) groups excluding carboxylic acids is 1. The Kier molecular flexibility index (Phi) is 2.68. The van der Waals surface area contributed by atoms with Crippen LogP contribution in [0, 0.1) is 0 Å². The predicted octanol–water partition coefficient (Wildman–Crippen LogP) is 2.66. The van der Waals surface area contributed by atoms with E-state index in [0.29, 0.717) is 5.56 Å². The fourth-order valence-corrected chi connectivity index (χ4v) is 1.44. The molecule has 2 rings (SSSR count). The van der Waals surface area contributed by atoms with E-state index < -0.39 is 0 Å². The van der Waals surface area contributed by atoms with Crippen molar-refractivity contribution in [3.05, 3.63) is 48.3 Å². The Bertz CT molecular complexity index is 518. The smallest absolute Gasteiger partial charge is 0.161 e. The van der Waals surface area contributed by atoms with Crippen LogP contribution in [0.5, 0.6) is 5.75 Å². The summed E-state index contributed by atoms with van der Waals surface area (Å²) >= 11 is 0. The first-order valence-electron chi connectivity index (χ1n) is 4.92. The quantitative estimate of drug-likeness (QED) is 0.780. The minimum atomic E-state index is -0.00636. The molecule has 0 fully saturated rings. The van der Waals surface area contributed by atoms with Crippen molar-refractivity contribution in [2.24, 2.45) is 0 Å². The van der Waals surface area contributed by atoms with E-state index in [-0.39, 0.29) is 11.5 Å². The summed E-state index contributed by atoms with van der Waals surface area (Å²) in [6.45, 7) is 1.51. The highest BCUT2D eigenvalue weighted by Gasteiger charge is 2.03. The maximum atomic E-state index is 11.2. The number of aromatic hydroxyl groups is 1. The number of rotatable bonds is 2. The van der Waals surface area contributed by atoms with Gasteiger partial charge >= 0.3 is 0 Å². The molecule has 2 aromatic rings. The number of phenolic OH excluding ortho intramolecular Hbond substituents is 1. The zero-order valence-electron chi connectivity index (χ0n) is 8.84. The standard InChI is InChI=1S/C13H11NO2/c1-9(15)11-6-12(8-14-7-11)10-2-4-13(16)5-3-10/h2-8,16H,1H3. The summed E-state index contributed by atoms with van der Waals surface area (Å²) in [6.07, 6.45) is 3.24. The Hall–Kier alpha value is -2.16. The van der Waals surface area contributed by atoms with Crippen LogP contribution in [-0.2, 0) is 0 Å². The van der Waals surface area contributed by atoms with E-state index in [1.165, 1.54) is 6.92 Å². The fourth-order valence-electron chi connectivity index (χ4n) is 1.44. The number of pyridine rings is 1. The van der Waals surface area contributed by atoms with Gasteiger partial charge in [0.15, 0.2) is 5.78 Å². The minimum Gasteiger partial charge on any atom is -0.508 e. The summed E-state index contributed by atoms with van der Waals surface area (Å²) in [5, 5.41) is 9.18. The summed E-state index contributed by atoms with van der Waals surface area (Å²) < 4.78 is 0. The maximum Gasteiger partial charge on any atom is 0.161 e. The number of phenols is 1. The average Bonchev–Trinajstić information content (AvgIpc) is 2.30. The number of hydrogen-bond acceptors (Lipinski definition) is 3. The third-order valence-corrected chi connectivity index (χ3v) is 2.35. The van der Waals surface area contributed by atoms with Crippen LogP contribution in [0.1, 0.15) is 17.3 Å². The molecule has 1 N–H and O–H groups in total. The van der Waals surface area contributed by atoms with Crippen LogP contribution < -0.4 is 0 Å². The minimum absolute atomic E-state index is 0.00636. The van der Waals surface area contributed by atoms with Gasteiger partial charge in [-0.3, -0.25) is 9.78 Å². The average molecular weight is 213 g/mol. The molecule has 1 aromatic heterocycles. The third-order valence-electron chi connectivity index (χ3n) is 2.35. The van der Waals surface area contributed by atoms with E-state index in [0.717, 1.165) is 11.1 Å². The Morgan fingerprint density at radius 2 is 1.81 bits per heavy atom. The van der Waals surface area contributed by atoms with Crippen LogP contribution in [0.25, 0.3) is 11.1 Å². The molecule has 0 radical (unpaired) electrons. The van der Waals surface area contributed by atoms with Gasteiger partial charge in [-0.2, -0.15) is 0 Å². The second kappa shape index (κ2) is 4.14. The molecule has 0 aliphatic heterocycles. The summed E-state index contributed by atoms with van der Waals surface area (Å²) in [5.74, 6) is 0.215. The van der Waals surface area contributed by atoms with Crippen LogP contribution >= 0.6 is 0 Å². The molecule has 0 atom stereocenters. The van der Waals surface area contributed by atoms with Crippen molar-refractivity contribution in [3.63, 3.8) is 0 Å². The SMILES string of the molecule is CC(=O)c1cncc(-c2ccc(O)cc2)c1. The first-order chi connectivity index (χ1) is 7.66. The molecule has 0 saturated heterocycles. The van der Waals surface area contributed by atoms with Gasteiger partial charge in [0.1, 0.15) is 5.75 Å². The molecule has 1 aromatic carbocycles. The predicted molar refractivity (Wildman–Crippen MR) is 61.3 cm³/mol. The Morgan fingerprint density at radius 1 is 1.12 bits per heavy atom. The second-order valence-corrected chi connectivity index (χ2v) is 3.57. The highest BCUT2D eigenvalue weighted by molar-refractivity contribution is 5.94. The summed E-state index contributed by atoms with van der Waals surface area (Å²) in [6, 6.07) is 8.58. The van der Waals surface area contributed by atoms with Gasteiger partial charge in [0.25, 0.3) is 0 Å². The van der Waals surface area contributed by atoms with Crippen LogP contribution in [0.3, 0.4) is 0 Å². The summed E-state index contributed by atoms with van der Waals surface area (Å²) in [5.41, 5.74) is 2.38. The number of ketones is 1. The van der Waals surface area contributed by atoms with Crippen molar-refractivity contribution in [2.75, 3.05) is 0 Å². The molecule has 16 heavy (non-hydrogen) atoms. The topological polar surface area (TPSA) is 50.2 Å². The number of benzene rings is 1. The van der Waals surface area contributed by atoms with E-state index in [4.69, 9.17) is 0 Å². The molecule has 0 unspecified atom stereocenters. The van der Waals surface area contributed by atoms with Crippen LogP contribution in [0.15, 0.2) is 42.7 Å². The van der Waals surface area contributed by atoms with Gasteiger partial charge in [0, 0.05) is 23.5 Å². The Labute approximate surface area is 93.4 Å². The molecule has 0 amide bonds. The zero-order valence-corrected chi connectivity index (χ0v) is 8.84. The third kappa shape index (κ3) is 2.08. The number of hydrogen-bond donors (Lipinski definition) is 1. The number of Topliss-reactive ketones (excluding diaryl/α,β-unsaturated/α-hetero) is 1. The lowest BCUT2D eigenvalue weighted by Crippen LogP contribution is -1.93. The molecule has 0 saturated carbocycles. The van der Waals surface area contributed by atoms with E-state index >= 15 is 0 Å². The molecule has 3 nitrogen and oxygen atoms in total. The molecule has 0 spiro atoms. The molecule has 0 aliphatic rings. The van der Waals surface area contributed by atoms with Crippen LogP contribution in [0.2, 0.25) is 0 Å². The lowest BCUT2D eigenvalue weighted by atomic mass is 10.0. The van der Waals surface area contributed by atoms with Gasteiger partial charge in [-0.15, -0.1) is 0 Å². The van der Waals surface area contributed by atoms with Gasteiger partial charge in [0.05, 0.1) is 0 Å². The van der Waals surface area contributed by atoms with E-state index in [1.54, 1.807) is 42.7 Å². The van der Waals surface area contributed by atoms with Crippen molar-refractivity contribution in [2.45, 2.75) is 6.92 Å². The monoisotopic (exact) mass is 213 g/mol. The van der Waals surface area contributed by atoms with E-state index in [9.17, 15) is 9.90 Å².